The van der Waals surface area contributed by atoms with E-state index in [1.54, 1.807) is 7.11 Å². The summed E-state index contributed by atoms with van der Waals surface area (Å²) >= 11 is 1.47. The molecule has 5 heteroatoms. The van der Waals surface area contributed by atoms with Gasteiger partial charge < -0.3 is 10.1 Å². The van der Waals surface area contributed by atoms with Crippen molar-refractivity contribution in [1.82, 2.24) is 14.9 Å². The molecule has 0 saturated heterocycles. The number of aromatic nitrogens is 2. The van der Waals surface area contributed by atoms with Crippen LogP contribution in [0.15, 0.2) is 24.3 Å². The summed E-state index contributed by atoms with van der Waals surface area (Å²) < 4.78 is 9.29. The number of methoxy groups -OCH3 is 1. The molecule has 0 aliphatic rings. The number of nitrogens with zero attached hydrogens (tertiary/aromatic N) is 2. The van der Waals surface area contributed by atoms with Crippen molar-refractivity contribution < 1.29 is 4.74 Å². The second-order valence-electron chi connectivity index (χ2n) is 4.33. The number of hydrogen-bond acceptors (Lipinski definition) is 5. The molecule has 0 saturated carbocycles. The summed E-state index contributed by atoms with van der Waals surface area (Å²) in [6, 6.07) is 8.26. The Labute approximate surface area is 118 Å². The van der Waals surface area contributed by atoms with E-state index in [-0.39, 0.29) is 6.04 Å². The highest BCUT2D eigenvalue weighted by atomic mass is 32.1. The molecule has 2 rings (SSSR count). The lowest BCUT2D eigenvalue weighted by atomic mass is 10.0. The zero-order valence-corrected chi connectivity index (χ0v) is 12.3. The number of rotatable bonds is 6. The summed E-state index contributed by atoms with van der Waals surface area (Å²) in [6.07, 6.45) is 2.05. The summed E-state index contributed by atoms with van der Waals surface area (Å²) in [5.74, 6) is 0.870. The van der Waals surface area contributed by atoms with Crippen molar-refractivity contribution in [2.24, 2.45) is 0 Å². The first kappa shape index (κ1) is 14.0. The molecule has 0 radical (unpaired) electrons. The molecule has 1 unspecified atom stereocenters. The summed E-state index contributed by atoms with van der Waals surface area (Å²) in [5.41, 5.74) is 2.30. The van der Waals surface area contributed by atoms with Gasteiger partial charge in [-0.3, -0.25) is 0 Å². The Balaban J connectivity index is 2.29. The predicted octanol–water partition coefficient (Wildman–Crippen LogP) is 2.81. The monoisotopic (exact) mass is 277 g/mol. The van der Waals surface area contributed by atoms with Crippen LogP contribution in [0, 0.1) is 0 Å². The van der Waals surface area contributed by atoms with Crippen molar-refractivity contribution in [3.8, 4) is 5.75 Å². The molecule has 0 amide bonds. The van der Waals surface area contributed by atoms with Crippen molar-refractivity contribution in [2.75, 3.05) is 14.2 Å². The first-order valence-electron chi connectivity index (χ1n) is 6.42. The lowest BCUT2D eigenvalue weighted by Crippen LogP contribution is -2.18. The molecule has 1 atom stereocenters. The van der Waals surface area contributed by atoms with Gasteiger partial charge in [-0.2, -0.15) is 0 Å². The maximum absolute atomic E-state index is 5.19. The Hall–Kier alpha value is -1.46. The minimum absolute atomic E-state index is 0.146. The summed E-state index contributed by atoms with van der Waals surface area (Å²) in [5, 5.41) is 7.58. The first-order valence-corrected chi connectivity index (χ1v) is 7.19. The van der Waals surface area contributed by atoms with Crippen LogP contribution >= 0.6 is 11.5 Å². The molecule has 102 valence electrons. The van der Waals surface area contributed by atoms with E-state index >= 15 is 0 Å². The fraction of sp³-hybridized carbons (Fsp3) is 0.429. The van der Waals surface area contributed by atoms with Crippen molar-refractivity contribution in [2.45, 2.75) is 25.8 Å². The van der Waals surface area contributed by atoms with Crippen LogP contribution in [0.2, 0.25) is 0 Å². The van der Waals surface area contributed by atoms with Gasteiger partial charge >= 0.3 is 0 Å². The average Bonchev–Trinajstić information content (AvgIpc) is 2.89. The van der Waals surface area contributed by atoms with Gasteiger partial charge in [0.2, 0.25) is 0 Å². The standard InChI is InChI=1S/C14H19N3OS/c1-4-5-12-14(19-17-16-12)13(15-2)10-6-8-11(18-3)9-7-10/h6-9,13,15H,4-5H2,1-3H3. The van der Waals surface area contributed by atoms with Crippen LogP contribution in [0.5, 0.6) is 5.75 Å². The van der Waals surface area contributed by atoms with E-state index in [4.69, 9.17) is 4.74 Å². The number of aryl methyl sites for hydroxylation is 1. The van der Waals surface area contributed by atoms with E-state index < -0.39 is 0 Å². The van der Waals surface area contributed by atoms with Crippen LogP contribution in [-0.2, 0) is 6.42 Å². The van der Waals surface area contributed by atoms with Crippen molar-refractivity contribution in [3.05, 3.63) is 40.4 Å². The van der Waals surface area contributed by atoms with E-state index in [9.17, 15) is 0 Å². The molecule has 0 fully saturated rings. The van der Waals surface area contributed by atoms with Gasteiger partial charge in [-0.1, -0.05) is 30.0 Å². The fourth-order valence-corrected chi connectivity index (χ4v) is 2.93. The predicted molar refractivity (Wildman–Crippen MR) is 77.8 cm³/mol. The lowest BCUT2D eigenvalue weighted by molar-refractivity contribution is 0.414. The Morgan fingerprint density at radius 3 is 2.63 bits per heavy atom. The smallest absolute Gasteiger partial charge is 0.118 e. The largest absolute Gasteiger partial charge is 0.497 e. The molecule has 0 aliphatic carbocycles. The van der Waals surface area contributed by atoms with E-state index in [2.05, 4.69) is 34.0 Å². The molecule has 19 heavy (non-hydrogen) atoms. The molecule has 0 spiro atoms. The van der Waals surface area contributed by atoms with Crippen LogP contribution < -0.4 is 10.1 Å². The zero-order valence-electron chi connectivity index (χ0n) is 11.5. The molecule has 1 heterocycles. The molecule has 1 aromatic heterocycles. The molecule has 4 nitrogen and oxygen atoms in total. The van der Waals surface area contributed by atoms with Gasteiger partial charge in [0.05, 0.1) is 23.7 Å². The van der Waals surface area contributed by atoms with Gasteiger partial charge in [-0.05, 0) is 42.7 Å². The Bertz CT molecular complexity index is 510. The molecule has 1 N–H and O–H groups in total. The maximum atomic E-state index is 5.19. The first-order chi connectivity index (χ1) is 9.30. The van der Waals surface area contributed by atoms with Gasteiger partial charge in [-0.15, -0.1) is 5.10 Å². The Morgan fingerprint density at radius 2 is 2.05 bits per heavy atom. The number of hydrogen-bond donors (Lipinski definition) is 1. The molecular weight excluding hydrogens is 258 g/mol. The van der Waals surface area contributed by atoms with E-state index in [0.29, 0.717) is 0 Å². The average molecular weight is 277 g/mol. The molecular formula is C14H19N3OS. The minimum Gasteiger partial charge on any atom is -0.497 e. The highest BCUT2D eigenvalue weighted by molar-refractivity contribution is 7.05. The third-order valence-electron chi connectivity index (χ3n) is 3.07. The summed E-state index contributed by atoms with van der Waals surface area (Å²) in [6.45, 7) is 2.16. The SMILES string of the molecule is CCCc1nnsc1C(NC)c1ccc(OC)cc1. The normalized spacial score (nSPS) is 12.4. The topological polar surface area (TPSA) is 47.0 Å². The third kappa shape index (κ3) is 3.11. The number of benzene rings is 1. The quantitative estimate of drug-likeness (QED) is 0.882. The Morgan fingerprint density at radius 1 is 1.32 bits per heavy atom. The van der Waals surface area contributed by atoms with E-state index in [0.717, 1.165) is 24.3 Å². The summed E-state index contributed by atoms with van der Waals surface area (Å²) in [7, 11) is 3.64. The second-order valence-corrected chi connectivity index (χ2v) is 5.11. The number of ether oxygens (including phenoxy) is 1. The number of nitrogens with one attached hydrogen (secondary N) is 1. The molecule has 0 bridgehead atoms. The zero-order chi connectivity index (χ0) is 13.7. The van der Waals surface area contributed by atoms with Crippen molar-refractivity contribution in [1.29, 1.82) is 0 Å². The van der Waals surface area contributed by atoms with Crippen LogP contribution in [0.4, 0.5) is 0 Å². The minimum atomic E-state index is 0.146. The molecule has 1 aromatic carbocycles. The van der Waals surface area contributed by atoms with Gasteiger partial charge in [0.1, 0.15) is 5.75 Å². The van der Waals surface area contributed by atoms with Crippen LogP contribution in [0.25, 0.3) is 0 Å². The van der Waals surface area contributed by atoms with Crippen LogP contribution in [0.1, 0.15) is 35.5 Å². The van der Waals surface area contributed by atoms with Gasteiger partial charge in [-0.25, -0.2) is 0 Å². The van der Waals surface area contributed by atoms with Gasteiger partial charge in [0.15, 0.2) is 0 Å². The van der Waals surface area contributed by atoms with Crippen molar-refractivity contribution >= 4 is 11.5 Å². The van der Waals surface area contributed by atoms with E-state index in [1.807, 2.05) is 19.2 Å². The second kappa shape index (κ2) is 6.63. The Kier molecular flexibility index (Phi) is 4.87. The molecule has 2 aromatic rings. The summed E-state index contributed by atoms with van der Waals surface area (Å²) in [4.78, 5) is 1.20. The highest BCUT2D eigenvalue weighted by Crippen LogP contribution is 2.28. The highest BCUT2D eigenvalue weighted by Gasteiger charge is 2.19. The van der Waals surface area contributed by atoms with Gasteiger partial charge in [0, 0.05) is 0 Å². The maximum Gasteiger partial charge on any atom is 0.118 e. The lowest BCUT2D eigenvalue weighted by Gasteiger charge is -2.16. The fourth-order valence-electron chi connectivity index (χ4n) is 2.09. The van der Waals surface area contributed by atoms with Crippen LogP contribution in [-0.4, -0.2) is 23.7 Å². The van der Waals surface area contributed by atoms with Crippen LogP contribution in [0.3, 0.4) is 0 Å². The van der Waals surface area contributed by atoms with E-state index in [1.165, 1.54) is 22.0 Å². The molecule has 0 aliphatic heterocycles. The van der Waals surface area contributed by atoms with Crippen molar-refractivity contribution in [3.63, 3.8) is 0 Å². The third-order valence-corrected chi connectivity index (χ3v) is 3.90. The van der Waals surface area contributed by atoms with Gasteiger partial charge in [0.25, 0.3) is 0 Å².